The third-order valence-electron chi connectivity index (χ3n) is 4.53. The number of hydrogen-bond donors (Lipinski definition) is 1. The van der Waals surface area contributed by atoms with E-state index >= 15 is 0 Å². The van der Waals surface area contributed by atoms with Crippen molar-refractivity contribution in [1.82, 2.24) is 15.2 Å². The zero-order valence-electron chi connectivity index (χ0n) is 14.5. The Morgan fingerprint density at radius 2 is 2.15 bits per heavy atom. The van der Waals surface area contributed by atoms with Crippen LogP contribution in [0.2, 0.25) is 0 Å². The molecule has 3 heterocycles. The number of hydrogen-bond acceptors (Lipinski definition) is 5. The fraction of sp³-hybridized carbons (Fsp3) is 0.300. The molecule has 0 saturated heterocycles. The topological polar surface area (TPSA) is 58.4 Å². The molecule has 1 N–H and O–H groups in total. The van der Waals surface area contributed by atoms with E-state index in [9.17, 15) is 4.79 Å². The third kappa shape index (κ3) is 4.03. The predicted molar refractivity (Wildman–Crippen MR) is 101 cm³/mol. The Morgan fingerprint density at radius 3 is 3.04 bits per heavy atom. The van der Waals surface area contributed by atoms with Crippen molar-refractivity contribution in [3.8, 4) is 0 Å². The highest BCUT2D eigenvalue weighted by molar-refractivity contribution is 7.09. The second-order valence-corrected chi connectivity index (χ2v) is 7.41. The lowest BCUT2D eigenvalue weighted by atomic mass is 10.2. The highest BCUT2D eigenvalue weighted by Gasteiger charge is 2.17. The van der Waals surface area contributed by atoms with E-state index in [4.69, 9.17) is 4.42 Å². The Morgan fingerprint density at radius 1 is 1.27 bits per heavy atom. The van der Waals surface area contributed by atoms with Gasteiger partial charge in [-0.25, -0.2) is 4.98 Å². The van der Waals surface area contributed by atoms with Gasteiger partial charge < -0.3 is 9.73 Å². The first-order valence-electron chi connectivity index (χ1n) is 8.82. The van der Waals surface area contributed by atoms with Gasteiger partial charge in [-0.15, -0.1) is 11.3 Å². The van der Waals surface area contributed by atoms with Crippen LogP contribution in [0.4, 0.5) is 0 Å². The quantitative estimate of drug-likeness (QED) is 0.748. The summed E-state index contributed by atoms with van der Waals surface area (Å²) in [6.07, 6.45) is 3.89. The average Bonchev–Trinajstić information content (AvgIpc) is 3.26. The minimum absolute atomic E-state index is 0.0673. The number of furan rings is 1. The molecule has 0 saturated carbocycles. The predicted octanol–water partition coefficient (Wildman–Crippen LogP) is 3.61. The Kier molecular flexibility index (Phi) is 5.13. The summed E-state index contributed by atoms with van der Waals surface area (Å²) in [7, 11) is 0. The van der Waals surface area contributed by atoms with E-state index in [-0.39, 0.29) is 5.91 Å². The molecule has 134 valence electrons. The van der Waals surface area contributed by atoms with Crippen molar-refractivity contribution in [3.63, 3.8) is 0 Å². The molecule has 0 unspecified atom stereocenters. The first-order chi connectivity index (χ1) is 12.8. The molecule has 26 heavy (non-hydrogen) atoms. The van der Waals surface area contributed by atoms with Crippen LogP contribution in [0.5, 0.6) is 0 Å². The Bertz CT molecular complexity index is 872. The number of rotatable bonds is 5. The lowest BCUT2D eigenvalue weighted by Gasteiger charge is -2.18. The number of benzene rings is 1. The number of nitrogens with zero attached hydrogens (tertiary/aromatic N) is 2. The monoisotopic (exact) mass is 367 g/mol. The van der Waals surface area contributed by atoms with E-state index in [2.05, 4.69) is 26.6 Å². The van der Waals surface area contributed by atoms with Crippen molar-refractivity contribution in [2.24, 2.45) is 0 Å². The number of carbonyl (C=O) groups is 1. The molecule has 0 atom stereocenters. The maximum atomic E-state index is 12.1. The van der Waals surface area contributed by atoms with Gasteiger partial charge in [-0.2, -0.15) is 0 Å². The number of carbonyl (C=O) groups excluding carboxylic acids is 1. The fourth-order valence-corrected chi connectivity index (χ4v) is 3.95. The van der Waals surface area contributed by atoms with Gasteiger partial charge in [-0.3, -0.25) is 9.69 Å². The maximum Gasteiger partial charge on any atom is 0.251 e. The number of nitrogens with one attached hydrogen (secondary N) is 1. The lowest BCUT2D eigenvalue weighted by molar-refractivity contribution is 0.0951. The number of aryl methyl sites for hydroxylation is 1. The van der Waals surface area contributed by atoms with Gasteiger partial charge in [0, 0.05) is 36.0 Å². The number of aromatic nitrogens is 1. The van der Waals surface area contributed by atoms with Crippen LogP contribution in [-0.2, 0) is 26.1 Å². The maximum absolute atomic E-state index is 12.1. The normalized spacial score (nSPS) is 14.6. The summed E-state index contributed by atoms with van der Waals surface area (Å²) in [5.74, 6) is 1.05. The Hall–Kier alpha value is -2.44. The van der Waals surface area contributed by atoms with Gasteiger partial charge in [-0.1, -0.05) is 18.2 Å². The minimum atomic E-state index is -0.0673. The van der Waals surface area contributed by atoms with Crippen molar-refractivity contribution in [2.75, 3.05) is 6.54 Å². The van der Waals surface area contributed by atoms with Crippen LogP contribution >= 0.6 is 11.3 Å². The highest BCUT2D eigenvalue weighted by Crippen LogP contribution is 2.21. The second kappa shape index (κ2) is 7.85. The SMILES string of the molecule is O=C(NCc1nc(CN2CCCc3occc3C2)cs1)c1ccccc1. The van der Waals surface area contributed by atoms with E-state index in [1.54, 1.807) is 17.6 Å². The first kappa shape index (κ1) is 17.0. The van der Waals surface area contributed by atoms with Gasteiger partial charge in [0.25, 0.3) is 5.91 Å². The second-order valence-electron chi connectivity index (χ2n) is 6.46. The first-order valence-corrected chi connectivity index (χ1v) is 9.70. The molecule has 5 nitrogen and oxygen atoms in total. The summed E-state index contributed by atoms with van der Waals surface area (Å²) < 4.78 is 5.55. The Labute approximate surface area is 156 Å². The van der Waals surface area contributed by atoms with Crippen molar-refractivity contribution in [3.05, 3.63) is 75.6 Å². The Balaban J connectivity index is 1.33. The molecule has 1 amide bonds. The summed E-state index contributed by atoms with van der Waals surface area (Å²) in [4.78, 5) is 19.2. The van der Waals surface area contributed by atoms with Crippen LogP contribution in [0.15, 0.2) is 52.5 Å². The zero-order chi connectivity index (χ0) is 17.8. The third-order valence-corrected chi connectivity index (χ3v) is 5.43. The summed E-state index contributed by atoms with van der Waals surface area (Å²) in [5.41, 5.74) is 3.02. The summed E-state index contributed by atoms with van der Waals surface area (Å²) >= 11 is 1.60. The molecule has 0 bridgehead atoms. The van der Waals surface area contributed by atoms with E-state index in [1.165, 1.54) is 5.56 Å². The molecule has 0 radical (unpaired) electrons. The molecule has 1 aromatic carbocycles. The number of fused-ring (bicyclic) bond motifs is 1. The van der Waals surface area contributed by atoms with Crippen LogP contribution in [0.1, 0.15) is 38.8 Å². The number of amides is 1. The highest BCUT2D eigenvalue weighted by atomic mass is 32.1. The van der Waals surface area contributed by atoms with E-state index < -0.39 is 0 Å². The molecular weight excluding hydrogens is 346 g/mol. The number of thiazole rings is 1. The zero-order valence-corrected chi connectivity index (χ0v) is 15.3. The van der Waals surface area contributed by atoms with E-state index in [0.717, 1.165) is 48.9 Å². The molecule has 0 fully saturated rings. The molecule has 4 rings (SSSR count). The van der Waals surface area contributed by atoms with E-state index in [0.29, 0.717) is 12.1 Å². The molecule has 0 aliphatic carbocycles. The van der Waals surface area contributed by atoms with Gasteiger partial charge in [0.05, 0.1) is 18.5 Å². The average molecular weight is 367 g/mol. The van der Waals surface area contributed by atoms with Crippen LogP contribution < -0.4 is 5.32 Å². The van der Waals surface area contributed by atoms with Gasteiger partial charge in [-0.05, 0) is 31.2 Å². The smallest absolute Gasteiger partial charge is 0.251 e. The molecule has 0 spiro atoms. The van der Waals surface area contributed by atoms with Gasteiger partial charge in [0.1, 0.15) is 10.8 Å². The molecule has 3 aromatic rings. The van der Waals surface area contributed by atoms with Crippen molar-refractivity contribution >= 4 is 17.2 Å². The standard InChI is InChI=1S/C20H21N3O2S/c24-20(15-5-2-1-3-6-15)21-11-19-22-17(14-26-19)13-23-9-4-7-18-16(12-23)8-10-25-18/h1-3,5-6,8,10,14H,4,7,9,11-13H2,(H,21,24). The lowest BCUT2D eigenvalue weighted by Crippen LogP contribution is -2.23. The van der Waals surface area contributed by atoms with Crippen molar-refractivity contribution in [2.45, 2.75) is 32.5 Å². The fourth-order valence-electron chi connectivity index (χ4n) is 3.22. The summed E-state index contributed by atoms with van der Waals surface area (Å²) in [6, 6.07) is 11.3. The van der Waals surface area contributed by atoms with Crippen LogP contribution in [0, 0.1) is 0 Å². The molecule has 2 aromatic heterocycles. The van der Waals surface area contributed by atoms with E-state index in [1.807, 2.05) is 30.3 Å². The molecular formula is C20H21N3O2S. The molecule has 1 aliphatic heterocycles. The largest absolute Gasteiger partial charge is 0.469 e. The summed E-state index contributed by atoms with van der Waals surface area (Å²) in [6.45, 7) is 3.24. The van der Waals surface area contributed by atoms with Crippen molar-refractivity contribution < 1.29 is 9.21 Å². The summed E-state index contributed by atoms with van der Waals surface area (Å²) in [5, 5.41) is 5.96. The molecule has 1 aliphatic rings. The van der Waals surface area contributed by atoms with Crippen LogP contribution in [-0.4, -0.2) is 22.3 Å². The van der Waals surface area contributed by atoms with Crippen LogP contribution in [0.25, 0.3) is 0 Å². The minimum Gasteiger partial charge on any atom is -0.469 e. The van der Waals surface area contributed by atoms with Gasteiger partial charge in [0.15, 0.2) is 0 Å². The molecule has 6 heteroatoms. The van der Waals surface area contributed by atoms with Gasteiger partial charge >= 0.3 is 0 Å². The van der Waals surface area contributed by atoms with Crippen LogP contribution in [0.3, 0.4) is 0 Å². The van der Waals surface area contributed by atoms with Crippen molar-refractivity contribution in [1.29, 1.82) is 0 Å². The van der Waals surface area contributed by atoms with Gasteiger partial charge in [0.2, 0.25) is 0 Å².